The molecule has 3 nitrogen and oxygen atoms in total. The van der Waals surface area contributed by atoms with Crippen molar-refractivity contribution in [3.05, 3.63) is 64.2 Å². The van der Waals surface area contributed by atoms with E-state index in [2.05, 4.69) is 66.2 Å². The van der Waals surface area contributed by atoms with Gasteiger partial charge in [-0.25, -0.2) is 0 Å². The highest BCUT2D eigenvalue weighted by Crippen LogP contribution is 2.38. The van der Waals surface area contributed by atoms with Crippen molar-refractivity contribution >= 4 is 17.3 Å². The molecule has 1 unspecified atom stereocenters. The van der Waals surface area contributed by atoms with Crippen LogP contribution in [0.1, 0.15) is 49.4 Å². The molecule has 152 valence electrons. The summed E-state index contributed by atoms with van der Waals surface area (Å²) in [5.74, 6) is 0. The Kier molecular flexibility index (Phi) is 7.78. The summed E-state index contributed by atoms with van der Waals surface area (Å²) < 4.78 is 0. The number of rotatable bonds is 8. The van der Waals surface area contributed by atoms with Gasteiger partial charge >= 0.3 is 0 Å². The first-order valence-electron chi connectivity index (χ1n) is 10.7. The number of anilines is 1. The average Bonchev–Trinajstić information content (AvgIpc) is 2.86. The molecule has 0 amide bonds. The third kappa shape index (κ3) is 5.08. The molecule has 0 aliphatic carbocycles. The van der Waals surface area contributed by atoms with Crippen LogP contribution in [0.2, 0.25) is 5.02 Å². The lowest BCUT2D eigenvalue weighted by atomic mass is 9.94. The second-order valence-corrected chi connectivity index (χ2v) is 8.23. The number of halogens is 1. The van der Waals surface area contributed by atoms with Gasteiger partial charge in [-0.2, -0.15) is 0 Å². The number of aryl methyl sites for hydroxylation is 1. The van der Waals surface area contributed by atoms with Crippen LogP contribution in [0.3, 0.4) is 0 Å². The van der Waals surface area contributed by atoms with Gasteiger partial charge in [0.05, 0.1) is 6.04 Å². The van der Waals surface area contributed by atoms with E-state index < -0.39 is 0 Å². The van der Waals surface area contributed by atoms with Crippen molar-refractivity contribution in [3.8, 4) is 0 Å². The first-order chi connectivity index (χ1) is 13.6. The lowest BCUT2D eigenvalue weighted by Crippen LogP contribution is -2.39. The summed E-state index contributed by atoms with van der Waals surface area (Å²) in [4.78, 5) is 5.21. The zero-order valence-electron chi connectivity index (χ0n) is 17.5. The van der Waals surface area contributed by atoms with Gasteiger partial charge in [0.25, 0.3) is 0 Å². The topological polar surface area (TPSA) is 18.5 Å². The molecule has 2 aromatic carbocycles. The molecule has 3 rings (SSSR count). The van der Waals surface area contributed by atoms with Crippen molar-refractivity contribution in [2.45, 2.75) is 39.7 Å². The summed E-state index contributed by atoms with van der Waals surface area (Å²) in [7, 11) is 0. The molecule has 4 heteroatoms. The average molecular weight is 400 g/mol. The van der Waals surface area contributed by atoms with Crippen LogP contribution >= 0.6 is 11.6 Å². The predicted molar refractivity (Wildman–Crippen MR) is 122 cm³/mol. The Morgan fingerprint density at radius 3 is 2.50 bits per heavy atom. The number of hydrogen-bond acceptors (Lipinski definition) is 3. The third-order valence-corrected chi connectivity index (χ3v) is 5.91. The van der Waals surface area contributed by atoms with Gasteiger partial charge in [-0.05, 0) is 56.1 Å². The van der Waals surface area contributed by atoms with E-state index in [9.17, 15) is 0 Å². The molecule has 1 N–H and O–H groups in total. The molecule has 1 atom stereocenters. The van der Waals surface area contributed by atoms with Crippen LogP contribution in [-0.4, -0.2) is 49.1 Å². The molecule has 1 aliphatic heterocycles. The van der Waals surface area contributed by atoms with Crippen LogP contribution < -0.4 is 5.32 Å². The SMILES string of the molecule is CCCN(CCC)CCN1CCNc2ccc(C)cc2C1c1ccccc1Cl. The Hall–Kier alpha value is -1.55. The summed E-state index contributed by atoms with van der Waals surface area (Å²) >= 11 is 6.69. The number of fused-ring (bicyclic) bond motifs is 1. The molecule has 0 aromatic heterocycles. The third-order valence-electron chi connectivity index (χ3n) is 5.56. The molecule has 0 radical (unpaired) electrons. The Morgan fingerprint density at radius 1 is 1.04 bits per heavy atom. The molecule has 1 heterocycles. The molecule has 0 spiro atoms. The van der Waals surface area contributed by atoms with E-state index in [0.29, 0.717) is 0 Å². The smallest absolute Gasteiger partial charge is 0.0638 e. The zero-order valence-corrected chi connectivity index (χ0v) is 18.3. The minimum Gasteiger partial charge on any atom is -0.383 e. The fourth-order valence-corrected chi connectivity index (χ4v) is 4.51. The van der Waals surface area contributed by atoms with Crippen LogP contribution in [0, 0.1) is 6.92 Å². The zero-order chi connectivity index (χ0) is 19.9. The summed E-state index contributed by atoms with van der Waals surface area (Å²) in [6.45, 7) is 13.2. The lowest BCUT2D eigenvalue weighted by molar-refractivity contribution is 0.184. The van der Waals surface area contributed by atoms with Gasteiger partial charge in [0.1, 0.15) is 0 Å². The van der Waals surface area contributed by atoms with Gasteiger partial charge in [0.2, 0.25) is 0 Å². The number of nitrogens with zero attached hydrogens (tertiary/aromatic N) is 2. The van der Waals surface area contributed by atoms with Crippen LogP contribution in [0.25, 0.3) is 0 Å². The van der Waals surface area contributed by atoms with Crippen molar-refractivity contribution in [2.24, 2.45) is 0 Å². The van der Waals surface area contributed by atoms with Crippen LogP contribution in [0.15, 0.2) is 42.5 Å². The summed E-state index contributed by atoms with van der Waals surface area (Å²) in [6.07, 6.45) is 2.41. The van der Waals surface area contributed by atoms with Crippen molar-refractivity contribution in [3.63, 3.8) is 0 Å². The molecule has 0 bridgehead atoms. The van der Waals surface area contributed by atoms with E-state index in [1.807, 2.05) is 12.1 Å². The number of nitrogens with one attached hydrogen (secondary N) is 1. The van der Waals surface area contributed by atoms with Crippen LogP contribution in [0.4, 0.5) is 5.69 Å². The van der Waals surface area contributed by atoms with Crippen LogP contribution in [0.5, 0.6) is 0 Å². The molecule has 0 saturated carbocycles. The van der Waals surface area contributed by atoms with E-state index in [-0.39, 0.29) is 6.04 Å². The van der Waals surface area contributed by atoms with Gasteiger partial charge in [0, 0.05) is 36.9 Å². The molecule has 0 saturated heterocycles. The fraction of sp³-hybridized carbons (Fsp3) is 0.500. The molecule has 28 heavy (non-hydrogen) atoms. The maximum absolute atomic E-state index is 6.69. The quantitative estimate of drug-likeness (QED) is 0.624. The minimum atomic E-state index is 0.184. The lowest BCUT2D eigenvalue weighted by Gasteiger charge is -2.33. The van der Waals surface area contributed by atoms with E-state index >= 15 is 0 Å². The first-order valence-corrected chi connectivity index (χ1v) is 11.1. The monoisotopic (exact) mass is 399 g/mol. The van der Waals surface area contributed by atoms with Gasteiger partial charge in [-0.1, -0.05) is 61.3 Å². The number of benzene rings is 2. The van der Waals surface area contributed by atoms with E-state index in [0.717, 1.165) is 31.2 Å². The summed E-state index contributed by atoms with van der Waals surface area (Å²) in [5.41, 5.74) is 5.07. The second-order valence-electron chi connectivity index (χ2n) is 7.82. The Labute approximate surface area is 175 Å². The summed E-state index contributed by atoms with van der Waals surface area (Å²) in [5, 5.41) is 4.49. The second kappa shape index (κ2) is 10.3. The Balaban J connectivity index is 1.94. The van der Waals surface area contributed by atoms with E-state index in [4.69, 9.17) is 11.6 Å². The van der Waals surface area contributed by atoms with Gasteiger partial charge in [0.15, 0.2) is 0 Å². The molecule has 2 aromatic rings. The first kappa shape index (κ1) is 21.2. The molecule has 0 fully saturated rings. The van der Waals surface area contributed by atoms with Gasteiger partial charge < -0.3 is 10.2 Å². The molecule has 1 aliphatic rings. The highest BCUT2D eigenvalue weighted by molar-refractivity contribution is 6.31. The molecular formula is C24H34ClN3. The Morgan fingerprint density at radius 2 is 1.79 bits per heavy atom. The largest absolute Gasteiger partial charge is 0.383 e. The standard InChI is InChI=1S/C24H34ClN3/c1-4-13-27(14-5-2)16-17-28-15-12-26-23-11-10-19(3)18-21(23)24(28)20-8-6-7-9-22(20)25/h6-11,18,24,26H,4-5,12-17H2,1-3H3. The Bertz CT molecular complexity index is 755. The summed E-state index contributed by atoms with van der Waals surface area (Å²) in [6, 6.07) is 15.2. The van der Waals surface area contributed by atoms with Crippen molar-refractivity contribution in [1.29, 1.82) is 0 Å². The maximum Gasteiger partial charge on any atom is 0.0638 e. The maximum atomic E-state index is 6.69. The van der Waals surface area contributed by atoms with Gasteiger partial charge in [-0.15, -0.1) is 0 Å². The van der Waals surface area contributed by atoms with Crippen molar-refractivity contribution in [1.82, 2.24) is 9.80 Å². The van der Waals surface area contributed by atoms with E-state index in [1.165, 1.54) is 48.3 Å². The highest BCUT2D eigenvalue weighted by Gasteiger charge is 2.28. The molecular weight excluding hydrogens is 366 g/mol. The van der Waals surface area contributed by atoms with Crippen molar-refractivity contribution in [2.75, 3.05) is 44.6 Å². The van der Waals surface area contributed by atoms with E-state index in [1.54, 1.807) is 0 Å². The van der Waals surface area contributed by atoms with Crippen molar-refractivity contribution < 1.29 is 0 Å². The predicted octanol–water partition coefficient (Wildman–Crippen LogP) is 5.59. The normalized spacial score (nSPS) is 17.2. The highest BCUT2D eigenvalue weighted by atomic mass is 35.5. The number of hydrogen-bond donors (Lipinski definition) is 1. The van der Waals surface area contributed by atoms with Gasteiger partial charge in [-0.3, -0.25) is 4.90 Å². The fourth-order valence-electron chi connectivity index (χ4n) is 4.27. The van der Waals surface area contributed by atoms with Crippen LogP contribution in [-0.2, 0) is 0 Å². The minimum absolute atomic E-state index is 0.184.